The fraction of sp³-hybridized carbons (Fsp3) is 0.412. The molecule has 1 fully saturated rings. The van der Waals surface area contributed by atoms with Gasteiger partial charge in [-0.25, -0.2) is 0 Å². The van der Waals surface area contributed by atoms with Gasteiger partial charge in [0.15, 0.2) is 0 Å². The summed E-state index contributed by atoms with van der Waals surface area (Å²) in [5.74, 6) is 0.752. The van der Waals surface area contributed by atoms with Crippen molar-refractivity contribution >= 4 is 11.6 Å². The summed E-state index contributed by atoms with van der Waals surface area (Å²) in [5, 5.41) is 14.1. The summed E-state index contributed by atoms with van der Waals surface area (Å²) >= 11 is 0. The number of nitrogens with zero attached hydrogens (tertiary/aromatic N) is 2. The van der Waals surface area contributed by atoms with Crippen molar-refractivity contribution in [1.82, 2.24) is 10.1 Å². The number of nitrogen functional groups attached to an aromatic ring is 1. The van der Waals surface area contributed by atoms with Crippen LogP contribution in [0.15, 0.2) is 34.9 Å². The Hall–Kier alpha value is -2.34. The van der Waals surface area contributed by atoms with E-state index >= 15 is 0 Å². The zero-order valence-electron chi connectivity index (χ0n) is 13.1. The molecule has 1 saturated heterocycles. The molecule has 1 amide bonds. The molecule has 0 bridgehead atoms. The number of rotatable bonds is 4. The Labute approximate surface area is 134 Å². The Bertz CT molecular complexity index is 681. The minimum absolute atomic E-state index is 0.0160. The Kier molecular flexibility index (Phi) is 4.34. The number of benzene rings is 1. The van der Waals surface area contributed by atoms with Gasteiger partial charge in [0.1, 0.15) is 5.76 Å². The van der Waals surface area contributed by atoms with E-state index in [1.54, 1.807) is 17.0 Å². The van der Waals surface area contributed by atoms with Gasteiger partial charge in [0, 0.05) is 37.2 Å². The van der Waals surface area contributed by atoms with E-state index in [1.165, 1.54) is 0 Å². The summed E-state index contributed by atoms with van der Waals surface area (Å²) in [7, 11) is 0. The number of aliphatic hydroxyl groups excluding tert-OH is 1. The van der Waals surface area contributed by atoms with Crippen LogP contribution in [-0.2, 0) is 17.6 Å². The van der Waals surface area contributed by atoms with Crippen LogP contribution < -0.4 is 5.73 Å². The number of anilines is 1. The number of hydrogen-bond acceptors (Lipinski definition) is 5. The van der Waals surface area contributed by atoms with E-state index in [0.29, 0.717) is 31.6 Å². The van der Waals surface area contributed by atoms with Gasteiger partial charge in [0.05, 0.1) is 18.2 Å². The molecular formula is C17H21N3O3. The lowest BCUT2D eigenvalue weighted by Crippen LogP contribution is -2.31. The number of aromatic nitrogens is 1. The van der Waals surface area contributed by atoms with Gasteiger partial charge < -0.3 is 20.3 Å². The van der Waals surface area contributed by atoms with Crippen molar-refractivity contribution in [2.75, 3.05) is 18.8 Å². The fourth-order valence-electron chi connectivity index (χ4n) is 2.95. The molecule has 0 radical (unpaired) electrons. The highest BCUT2D eigenvalue weighted by Gasteiger charge is 2.34. The minimum atomic E-state index is -0.532. The Morgan fingerprint density at radius 3 is 2.78 bits per heavy atom. The molecule has 1 aliphatic heterocycles. The predicted molar refractivity (Wildman–Crippen MR) is 85.6 cm³/mol. The summed E-state index contributed by atoms with van der Waals surface area (Å²) in [6.07, 6.45) is 0.380. The first-order valence-electron chi connectivity index (χ1n) is 7.73. The molecule has 3 rings (SSSR count). The summed E-state index contributed by atoms with van der Waals surface area (Å²) in [4.78, 5) is 14.1. The number of β-amino-alcohol motifs (C(OH)–C–C–N with tert-alkyl or cyclic N) is 1. The molecule has 0 aliphatic carbocycles. The Morgan fingerprint density at radius 1 is 1.39 bits per heavy atom. The van der Waals surface area contributed by atoms with E-state index in [4.69, 9.17) is 10.3 Å². The molecule has 1 aliphatic rings. The van der Waals surface area contributed by atoms with Crippen LogP contribution in [-0.4, -0.2) is 40.3 Å². The summed E-state index contributed by atoms with van der Waals surface area (Å²) in [6.45, 7) is 2.76. The van der Waals surface area contributed by atoms with E-state index in [-0.39, 0.29) is 11.8 Å². The summed E-state index contributed by atoms with van der Waals surface area (Å²) in [6, 6.07) is 9.15. The number of nitrogens with two attached hydrogens (primary N) is 1. The van der Waals surface area contributed by atoms with E-state index in [0.717, 1.165) is 17.0 Å². The zero-order chi connectivity index (χ0) is 16.4. The topological polar surface area (TPSA) is 92.6 Å². The van der Waals surface area contributed by atoms with Crippen molar-refractivity contribution in [2.24, 2.45) is 5.92 Å². The molecule has 2 heterocycles. The quantitative estimate of drug-likeness (QED) is 0.826. The maximum absolute atomic E-state index is 12.4. The number of aliphatic hydroxyl groups is 1. The average Bonchev–Trinajstić information content (AvgIpc) is 3.08. The van der Waals surface area contributed by atoms with Gasteiger partial charge in [-0.2, -0.15) is 0 Å². The van der Waals surface area contributed by atoms with Gasteiger partial charge >= 0.3 is 0 Å². The van der Waals surface area contributed by atoms with Crippen LogP contribution in [0.5, 0.6) is 0 Å². The largest absolute Gasteiger partial charge is 0.399 e. The molecule has 122 valence electrons. The van der Waals surface area contributed by atoms with Gasteiger partial charge in [-0.3, -0.25) is 4.79 Å². The first kappa shape index (κ1) is 15.6. The normalized spacial score (nSPS) is 20.9. The smallest absolute Gasteiger partial charge is 0.227 e. The standard InChI is InChI=1S/C17H21N3O3/c1-11-6-15(23-19-11)8-13-9-20(10-16(13)21)17(22)7-12-2-4-14(18)5-3-12/h2-6,13,16,21H,7-10,18H2,1H3/t13-,16+/m1/s1. The van der Waals surface area contributed by atoms with Gasteiger partial charge in [0.25, 0.3) is 0 Å². The number of carbonyl (C=O) groups is 1. The van der Waals surface area contributed by atoms with Crippen molar-refractivity contribution in [1.29, 1.82) is 0 Å². The average molecular weight is 315 g/mol. The molecule has 2 aromatic rings. The maximum atomic E-state index is 12.4. The van der Waals surface area contributed by atoms with E-state index in [2.05, 4.69) is 5.16 Å². The van der Waals surface area contributed by atoms with Gasteiger partial charge in [0.2, 0.25) is 5.91 Å². The number of carbonyl (C=O) groups excluding carboxylic acids is 1. The number of amides is 1. The summed E-state index contributed by atoms with van der Waals surface area (Å²) < 4.78 is 5.20. The van der Waals surface area contributed by atoms with Crippen LogP contribution in [0, 0.1) is 12.8 Å². The highest BCUT2D eigenvalue weighted by atomic mass is 16.5. The van der Waals surface area contributed by atoms with Gasteiger partial charge in [-0.15, -0.1) is 0 Å². The molecule has 6 nitrogen and oxygen atoms in total. The highest BCUT2D eigenvalue weighted by molar-refractivity contribution is 5.79. The molecule has 0 saturated carbocycles. The molecular weight excluding hydrogens is 294 g/mol. The molecule has 6 heteroatoms. The van der Waals surface area contributed by atoms with Gasteiger partial charge in [-0.1, -0.05) is 17.3 Å². The van der Waals surface area contributed by atoms with Crippen LogP contribution in [0.3, 0.4) is 0 Å². The zero-order valence-corrected chi connectivity index (χ0v) is 13.1. The van der Waals surface area contributed by atoms with Crippen molar-refractivity contribution in [3.05, 3.63) is 47.3 Å². The number of likely N-dealkylation sites (tertiary alicyclic amines) is 1. The monoisotopic (exact) mass is 315 g/mol. The van der Waals surface area contributed by atoms with E-state index < -0.39 is 6.10 Å². The van der Waals surface area contributed by atoms with Crippen LogP contribution in [0.2, 0.25) is 0 Å². The summed E-state index contributed by atoms with van der Waals surface area (Å²) in [5.41, 5.74) is 8.08. The molecule has 1 aromatic carbocycles. The molecule has 0 unspecified atom stereocenters. The number of hydrogen-bond donors (Lipinski definition) is 2. The maximum Gasteiger partial charge on any atom is 0.227 e. The van der Waals surface area contributed by atoms with Crippen LogP contribution >= 0.6 is 0 Å². The lowest BCUT2D eigenvalue weighted by Gasteiger charge is -2.16. The highest BCUT2D eigenvalue weighted by Crippen LogP contribution is 2.23. The predicted octanol–water partition coefficient (Wildman–Crippen LogP) is 1.17. The molecule has 23 heavy (non-hydrogen) atoms. The molecule has 0 spiro atoms. The van der Waals surface area contributed by atoms with Crippen molar-refractivity contribution in [3.63, 3.8) is 0 Å². The molecule has 1 aromatic heterocycles. The second-order valence-electron chi connectivity index (χ2n) is 6.18. The Morgan fingerprint density at radius 2 is 2.13 bits per heavy atom. The SMILES string of the molecule is Cc1cc(C[C@@H]2CN(C(=O)Cc3ccc(N)cc3)C[C@@H]2O)on1. The minimum Gasteiger partial charge on any atom is -0.399 e. The van der Waals surface area contributed by atoms with Crippen molar-refractivity contribution < 1.29 is 14.4 Å². The van der Waals surface area contributed by atoms with E-state index in [1.807, 2.05) is 25.1 Å². The third kappa shape index (κ3) is 3.71. The van der Waals surface area contributed by atoms with Crippen LogP contribution in [0.1, 0.15) is 17.0 Å². The molecule has 2 atom stereocenters. The third-order valence-corrected chi connectivity index (χ3v) is 4.23. The lowest BCUT2D eigenvalue weighted by molar-refractivity contribution is -0.129. The number of aryl methyl sites for hydroxylation is 1. The third-order valence-electron chi connectivity index (χ3n) is 4.23. The molecule has 3 N–H and O–H groups in total. The van der Waals surface area contributed by atoms with Crippen molar-refractivity contribution in [2.45, 2.75) is 25.9 Å². The first-order chi connectivity index (χ1) is 11.0. The van der Waals surface area contributed by atoms with Gasteiger partial charge in [-0.05, 0) is 24.6 Å². The van der Waals surface area contributed by atoms with Crippen molar-refractivity contribution in [3.8, 4) is 0 Å². The van der Waals surface area contributed by atoms with E-state index in [9.17, 15) is 9.90 Å². The first-order valence-corrected chi connectivity index (χ1v) is 7.73. The van der Waals surface area contributed by atoms with Crippen LogP contribution in [0.4, 0.5) is 5.69 Å². The van der Waals surface area contributed by atoms with Crippen LogP contribution in [0.25, 0.3) is 0 Å². The second kappa shape index (κ2) is 6.42. The lowest BCUT2D eigenvalue weighted by atomic mass is 10.0. The fourth-order valence-corrected chi connectivity index (χ4v) is 2.95. The Balaban J connectivity index is 1.58. The second-order valence-corrected chi connectivity index (χ2v) is 6.18.